The fourth-order valence-electron chi connectivity index (χ4n) is 2.15. The maximum Gasteiger partial charge on any atom is 0.191 e. The summed E-state index contributed by atoms with van der Waals surface area (Å²) in [7, 11) is 1.79. The molecule has 0 saturated heterocycles. The van der Waals surface area contributed by atoms with Crippen LogP contribution in [0.4, 0.5) is 0 Å². The van der Waals surface area contributed by atoms with Crippen LogP contribution in [-0.2, 0) is 0 Å². The van der Waals surface area contributed by atoms with Gasteiger partial charge < -0.3 is 20.3 Å². The molecule has 5 nitrogen and oxygen atoms in total. The van der Waals surface area contributed by atoms with E-state index in [1.807, 2.05) is 30.3 Å². The van der Waals surface area contributed by atoms with E-state index in [9.17, 15) is 0 Å². The van der Waals surface area contributed by atoms with Gasteiger partial charge in [-0.25, -0.2) is 0 Å². The number of aliphatic imine (C=N–C) groups is 1. The van der Waals surface area contributed by atoms with Gasteiger partial charge in [-0.15, -0.1) is 24.0 Å². The topological polar surface area (TPSA) is 48.9 Å². The number of hydrogen-bond acceptors (Lipinski definition) is 3. The van der Waals surface area contributed by atoms with Crippen LogP contribution < -0.4 is 15.4 Å². The van der Waals surface area contributed by atoms with E-state index in [-0.39, 0.29) is 24.0 Å². The van der Waals surface area contributed by atoms with Crippen molar-refractivity contribution in [1.29, 1.82) is 0 Å². The number of halogens is 1. The van der Waals surface area contributed by atoms with Crippen molar-refractivity contribution in [2.75, 3.05) is 46.4 Å². The molecule has 0 bridgehead atoms. The predicted molar refractivity (Wildman–Crippen MR) is 109 cm³/mol. The summed E-state index contributed by atoms with van der Waals surface area (Å²) < 4.78 is 5.64. The van der Waals surface area contributed by atoms with E-state index in [1.165, 1.54) is 6.42 Å². The largest absolute Gasteiger partial charge is 0.492 e. The Bertz CT molecular complexity index is 414. The number of hydrogen-bond donors (Lipinski definition) is 2. The van der Waals surface area contributed by atoms with Crippen molar-refractivity contribution in [3.8, 4) is 5.75 Å². The van der Waals surface area contributed by atoms with Crippen molar-refractivity contribution in [1.82, 2.24) is 15.5 Å². The van der Waals surface area contributed by atoms with Gasteiger partial charge in [-0.2, -0.15) is 0 Å². The monoisotopic (exact) mass is 434 g/mol. The molecule has 0 radical (unpaired) electrons. The molecular weight excluding hydrogens is 403 g/mol. The minimum Gasteiger partial charge on any atom is -0.492 e. The van der Waals surface area contributed by atoms with E-state index in [1.54, 1.807) is 7.05 Å². The van der Waals surface area contributed by atoms with E-state index in [2.05, 4.69) is 34.4 Å². The molecule has 1 aromatic carbocycles. The van der Waals surface area contributed by atoms with Crippen LogP contribution >= 0.6 is 24.0 Å². The summed E-state index contributed by atoms with van der Waals surface area (Å²) in [5.74, 6) is 1.72. The fraction of sp³-hybridized carbons (Fsp3) is 0.588. The Morgan fingerprint density at radius 1 is 1.09 bits per heavy atom. The Morgan fingerprint density at radius 3 is 2.39 bits per heavy atom. The lowest BCUT2D eigenvalue weighted by Crippen LogP contribution is -2.42. The van der Waals surface area contributed by atoms with Gasteiger partial charge in [-0.3, -0.25) is 4.99 Å². The normalized spacial score (nSPS) is 11.0. The molecule has 0 aliphatic heterocycles. The highest BCUT2D eigenvalue weighted by molar-refractivity contribution is 14.0. The Kier molecular flexibility index (Phi) is 13.9. The first-order chi connectivity index (χ1) is 10.8. The smallest absolute Gasteiger partial charge is 0.191 e. The molecule has 0 amide bonds. The number of likely N-dealkylation sites (N-methyl/N-ethyl adjacent to an activating group) is 1. The highest BCUT2D eigenvalue weighted by atomic mass is 127. The minimum absolute atomic E-state index is 0. The number of benzene rings is 1. The van der Waals surface area contributed by atoms with E-state index < -0.39 is 0 Å². The zero-order valence-electron chi connectivity index (χ0n) is 14.5. The average Bonchev–Trinajstić information content (AvgIpc) is 2.57. The standard InChI is InChI=1S/C17H30N4O.HI/c1-4-13-21(5-2)14-11-19-17(18-3)20-12-15-22-16-9-7-6-8-10-16;/h6-10H,4-5,11-15H2,1-3H3,(H2,18,19,20);1H. The Morgan fingerprint density at radius 2 is 1.78 bits per heavy atom. The van der Waals surface area contributed by atoms with Crippen LogP contribution in [0.1, 0.15) is 20.3 Å². The fourth-order valence-corrected chi connectivity index (χ4v) is 2.15. The van der Waals surface area contributed by atoms with Crippen molar-refractivity contribution in [2.45, 2.75) is 20.3 Å². The molecule has 132 valence electrons. The number of rotatable bonds is 10. The van der Waals surface area contributed by atoms with Crippen LogP contribution in [-0.4, -0.2) is 57.2 Å². The van der Waals surface area contributed by atoms with Crippen LogP contribution in [0.2, 0.25) is 0 Å². The second kappa shape index (κ2) is 14.6. The molecule has 0 fully saturated rings. The van der Waals surface area contributed by atoms with Gasteiger partial charge >= 0.3 is 0 Å². The average molecular weight is 434 g/mol. The Balaban J connectivity index is 0.00000484. The lowest BCUT2D eigenvalue weighted by atomic mass is 10.3. The van der Waals surface area contributed by atoms with Crippen LogP contribution in [0.25, 0.3) is 0 Å². The SMILES string of the molecule is CCCN(CC)CCNC(=NC)NCCOc1ccccc1.I. The summed E-state index contributed by atoms with van der Waals surface area (Å²) in [6.45, 7) is 9.91. The van der Waals surface area contributed by atoms with Gasteiger partial charge in [0, 0.05) is 20.1 Å². The van der Waals surface area contributed by atoms with Gasteiger partial charge in [0.15, 0.2) is 5.96 Å². The molecule has 0 saturated carbocycles. The zero-order valence-corrected chi connectivity index (χ0v) is 16.9. The van der Waals surface area contributed by atoms with E-state index >= 15 is 0 Å². The maximum absolute atomic E-state index is 5.64. The van der Waals surface area contributed by atoms with Crippen molar-refractivity contribution in [3.05, 3.63) is 30.3 Å². The first-order valence-electron chi connectivity index (χ1n) is 8.14. The van der Waals surface area contributed by atoms with Crippen LogP contribution in [0.5, 0.6) is 5.75 Å². The van der Waals surface area contributed by atoms with Crippen molar-refractivity contribution < 1.29 is 4.74 Å². The van der Waals surface area contributed by atoms with Crippen molar-refractivity contribution in [2.24, 2.45) is 4.99 Å². The molecule has 6 heteroatoms. The van der Waals surface area contributed by atoms with E-state index in [4.69, 9.17) is 4.74 Å². The molecule has 0 aliphatic rings. The summed E-state index contributed by atoms with van der Waals surface area (Å²) in [6, 6.07) is 9.84. The number of para-hydroxylation sites is 1. The van der Waals surface area contributed by atoms with Gasteiger partial charge in [0.2, 0.25) is 0 Å². The summed E-state index contributed by atoms with van der Waals surface area (Å²) in [4.78, 5) is 6.65. The van der Waals surface area contributed by atoms with Crippen LogP contribution in [0.15, 0.2) is 35.3 Å². The van der Waals surface area contributed by atoms with E-state index in [0.29, 0.717) is 6.61 Å². The molecule has 0 atom stereocenters. The molecule has 0 spiro atoms. The van der Waals surface area contributed by atoms with Crippen molar-refractivity contribution in [3.63, 3.8) is 0 Å². The summed E-state index contributed by atoms with van der Waals surface area (Å²) >= 11 is 0. The number of nitrogens with zero attached hydrogens (tertiary/aromatic N) is 2. The van der Waals surface area contributed by atoms with Gasteiger partial charge in [-0.05, 0) is 31.6 Å². The van der Waals surface area contributed by atoms with Crippen molar-refractivity contribution >= 4 is 29.9 Å². The third-order valence-corrected chi connectivity index (χ3v) is 3.34. The highest BCUT2D eigenvalue weighted by Crippen LogP contribution is 2.07. The summed E-state index contributed by atoms with van der Waals surface area (Å²) in [5.41, 5.74) is 0. The predicted octanol–water partition coefficient (Wildman–Crippen LogP) is 2.58. The van der Waals surface area contributed by atoms with Gasteiger partial charge in [0.05, 0.1) is 6.54 Å². The van der Waals surface area contributed by atoms with E-state index in [0.717, 1.165) is 44.4 Å². The maximum atomic E-state index is 5.64. The molecule has 0 unspecified atom stereocenters. The lowest BCUT2D eigenvalue weighted by molar-refractivity contribution is 0.292. The first-order valence-corrected chi connectivity index (χ1v) is 8.14. The molecule has 0 aromatic heterocycles. The quantitative estimate of drug-likeness (QED) is 0.257. The number of ether oxygens (including phenoxy) is 1. The second-order valence-corrected chi connectivity index (χ2v) is 5.02. The molecule has 1 rings (SSSR count). The third kappa shape index (κ3) is 10.4. The minimum atomic E-state index is 0. The highest BCUT2D eigenvalue weighted by Gasteiger charge is 2.01. The Labute approximate surface area is 157 Å². The summed E-state index contributed by atoms with van der Waals surface area (Å²) in [6.07, 6.45) is 1.19. The number of nitrogens with one attached hydrogen (secondary N) is 2. The Hall–Kier alpha value is -1.02. The molecule has 2 N–H and O–H groups in total. The summed E-state index contributed by atoms with van der Waals surface area (Å²) in [5, 5.41) is 6.59. The molecule has 0 heterocycles. The van der Waals surface area contributed by atoms with Gasteiger partial charge in [-0.1, -0.05) is 32.0 Å². The molecule has 23 heavy (non-hydrogen) atoms. The zero-order chi connectivity index (χ0) is 16.0. The molecule has 1 aromatic rings. The number of guanidine groups is 1. The van der Waals surface area contributed by atoms with Crippen LogP contribution in [0.3, 0.4) is 0 Å². The van der Waals surface area contributed by atoms with Gasteiger partial charge in [0.1, 0.15) is 12.4 Å². The molecule has 0 aliphatic carbocycles. The van der Waals surface area contributed by atoms with Crippen LogP contribution in [0, 0.1) is 0 Å². The second-order valence-electron chi connectivity index (χ2n) is 5.02. The molecular formula is C17H31IN4O. The first kappa shape index (κ1) is 22.0. The van der Waals surface area contributed by atoms with Gasteiger partial charge in [0.25, 0.3) is 0 Å². The third-order valence-electron chi connectivity index (χ3n) is 3.34. The lowest BCUT2D eigenvalue weighted by Gasteiger charge is -2.20.